The van der Waals surface area contributed by atoms with Crippen molar-refractivity contribution in [3.8, 4) is 11.5 Å². The van der Waals surface area contributed by atoms with Gasteiger partial charge in [0.25, 0.3) is 5.91 Å². The van der Waals surface area contributed by atoms with E-state index in [1.165, 1.54) is 4.90 Å². The van der Waals surface area contributed by atoms with Gasteiger partial charge in [-0.2, -0.15) is 0 Å². The maximum atomic E-state index is 12.4. The van der Waals surface area contributed by atoms with E-state index in [0.29, 0.717) is 29.6 Å². The van der Waals surface area contributed by atoms with Crippen LogP contribution in [0.5, 0.6) is 11.5 Å². The molecule has 0 spiro atoms. The molecule has 2 amide bonds. The zero-order valence-electron chi connectivity index (χ0n) is 13.2. The Morgan fingerprint density at radius 3 is 3.00 bits per heavy atom. The number of carbonyl (C=O) groups excluding carboxylic acids is 2. The fraction of sp³-hybridized carbons (Fsp3) is 0.235. The Bertz CT molecular complexity index is 763. The first-order valence-electron chi connectivity index (χ1n) is 7.59. The third kappa shape index (κ3) is 3.29. The zero-order chi connectivity index (χ0) is 16.9. The number of para-hydroxylation sites is 2. The van der Waals surface area contributed by atoms with Gasteiger partial charge in [-0.1, -0.05) is 12.1 Å². The minimum atomic E-state index is -0.339. The van der Waals surface area contributed by atoms with Crippen LogP contribution in [0.1, 0.15) is 6.92 Å². The first kappa shape index (κ1) is 15.8. The number of aromatic nitrogens is 1. The maximum Gasteiger partial charge on any atom is 0.266 e. The number of nitrogens with one attached hydrogen (secondary N) is 1. The molecule has 0 fully saturated rings. The summed E-state index contributed by atoms with van der Waals surface area (Å²) in [6, 6.07) is 10.6. The molecule has 24 heavy (non-hydrogen) atoms. The highest BCUT2D eigenvalue weighted by Gasteiger charge is 2.28. The monoisotopic (exact) mass is 327 g/mol. The van der Waals surface area contributed by atoms with Crippen molar-refractivity contribution < 1.29 is 19.1 Å². The van der Waals surface area contributed by atoms with E-state index in [0.717, 1.165) is 0 Å². The Labute approximate surface area is 139 Å². The lowest BCUT2D eigenvalue weighted by Gasteiger charge is -2.27. The summed E-state index contributed by atoms with van der Waals surface area (Å²) in [6.07, 6.45) is 1.55. The van der Waals surface area contributed by atoms with Gasteiger partial charge in [0.2, 0.25) is 5.91 Å². The number of anilines is 2. The first-order valence-corrected chi connectivity index (χ1v) is 7.59. The Kier molecular flexibility index (Phi) is 4.60. The number of pyridine rings is 1. The van der Waals surface area contributed by atoms with Crippen molar-refractivity contribution >= 4 is 23.3 Å². The molecule has 0 atom stereocenters. The molecule has 1 aliphatic rings. The number of rotatable bonds is 5. The van der Waals surface area contributed by atoms with E-state index in [-0.39, 0.29) is 25.0 Å². The normalized spacial score (nSPS) is 13.0. The molecule has 0 unspecified atom stereocenters. The van der Waals surface area contributed by atoms with Gasteiger partial charge in [-0.25, -0.2) is 4.98 Å². The molecule has 1 aromatic heterocycles. The fourth-order valence-electron chi connectivity index (χ4n) is 2.38. The van der Waals surface area contributed by atoms with Crippen LogP contribution in [0.3, 0.4) is 0 Å². The van der Waals surface area contributed by atoms with Gasteiger partial charge in [0, 0.05) is 6.20 Å². The van der Waals surface area contributed by atoms with Gasteiger partial charge in [0.1, 0.15) is 12.3 Å². The van der Waals surface area contributed by atoms with E-state index in [9.17, 15) is 9.59 Å². The summed E-state index contributed by atoms with van der Waals surface area (Å²) in [4.78, 5) is 29.9. The summed E-state index contributed by atoms with van der Waals surface area (Å²) in [5, 5.41) is 2.77. The standard InChI is InChI=1S/C17H17N3O4/c1-2-23-13-7-4-3-6-12(13)19-15(21)10-20-16(22)11-24-14-8-5-9-18-17(14)20/h3-9H,2,10-11H2,1H3,(H,19,21). The number of benzene rings is 1. The Morgan fingerprint density at radius 1 is 1.33 bits per heavy atom. The SMILES string of the molecule is CCOc1ccccc1NC(=O)CN1C(=O)COc2cccnc21. The van der Waals surface area contributed by atoms with E-state index in [4.69, 9.17) is 9.47 Å². The molecular formula is C17H17N3O4. The van der Waals surface area contributed by atoms with Gasteiger partial charge >= 0.3 is 0 Å². The van der Waals surface area contributed by atoms with Crippen molar-refractivity contribution in [3.63, 3.8) is 0 Å². The number of fused-ring (bicyclic) bond motifs is 1. The third-order valence-electron chi connectivity index (χ3n) is 3.42. The summed E-state index contributed by atoms with van der Waals surface area (Å²) in [6.45, 7) is 2.11. The Morgan fingerprint density at radius 2 is 2.17 bits per heavy atom. The molecular weight excluding hydrogens is 310 g/mol. The zero-order valence-corrected chi connectivity index (χ0v) is 13.2. The van der Waals surface area contributed by atoms with Crippen LogP contribution in [0.2, 0.25) is 0 Å². The van der Waals surface area contributed by atoms with Crippen molar-refractivity contribution in [3.05, 3.63) is 42.6 Å². The van der Waals surface area contributed by atoms with Crippen molar-refractivity contribution in [2.24, 2.45) is 0 Å². The lowest BCUT2D eigenvalue weighted by Crippen LogP contribution is -2.43. The molecule has 1 aromatic carbocycles. The van der Waals surface area contributed by atoms with E-state index < -0.39 is 0 Å². The van der Waals surface area contributed by atoms with Gasteiger partial charge < -0.3 is 14.8 Å². The number of ether oxygens (including phenoxy) is 2. The van der Waals surface area contributed by atoms with E-state index in [2.05, 4.69) is 10.3 Å². The summed E-state index contributed by atoms with van der Waals surface area (Å²) in [5.41, 5.74) is 0.561. The van der Waals surface area contributed by atoms with E-state index in [1.54, 1.807) is 36.5 Å². The quantitative estimate of drug-likeness (QED) is 0.906. The van der Waals surface area contributed by atoms with Crippen molar-refractivity contribution in [1.82, 2.24) is 4.98 Å². The second kappa shape index (κ2) is 6.99. The third-order valence-corrected chi connectivity index (χ3v) is 3.42. The van der Waals surface area contributed by atoms with Gasteiger partial charge in [-0.05, 0) is 31.2 Å². The van der Waals surface area contributed by atoms with Crippen molar-refractivity contribution in [2.75, 3.05) is 30.0 Å². The van der Waals surface area contributed by atoms with Gasteiger partial charge in [-0.3, -0.25) is 14.5 Å². The number of amides is 2. The molecule has 1 aliphatic heterocycles. The smallest absolute Gasteiger partial charge is 0.266 e. The molecule has 2 heterocycles. The molecule has 2 aromatic rings. The summed E-state index contributed by atoms with van der Waals surface area (Å²) in [5.74, 6) is 0.769. The highest BCUT2D eigenvalue weighted by Crippen LogP contribution is 2.29. The fourth-order valence-corrected chi connectivity index (χ4v) is 2.38. The number of nitrogens with zero attached hydrogens (tertiary/aromatic N) is 2. The van der Waals surface area contributed by atoms with Crippen LogP contribution >= 0.6 is 0 Å². The number of hydrogen-bond acceptors (Lipinski definition) is 5. The van der Waals surface area contributed by atoms with Crippen LogP contribution in [0.4, 0.5) is 11.5 Å². The van der Waals surface area contributed by atoms with Crippen LogP contribution in [-0.2, 0) is 9.59 Å². The second-order valence-corrected chi connectivity index (χ2v) is 5.07. The van der Waals surface area contributed by atoms with E-state index >= 15 is 0 Å². The maximum absolute atomic E-state index is 12.4. The summed E-state index contributed by atoms with van der Waals surface area (Å²) >= 11 is 0. The average Bonchev–Trinajstić information content (AvgIpc) is 2.59. The predicted octanol–water partition coefficient (Wildman–Crippen LogP) is 1.84. The molecule has 0 aliphatic carbocycles. The Hall–Kier alpha value is -3.09. The molecule has 7 heteroatoms. The number of carbonyl (C=O) groups is 2. The lowest BCUT2D eigenvalue weighted by molar-refractivity contribution is -0.123. The van der Waals surface area contributed by atoms with Crippen LogP contribution in [0, 0.1) is 0 Å². The van der Waals surface area contributed by atoms with Gasteiger partial charge in [0.05, 0.1) is 12.3 Å². The lowest BCUT2D eigenvalue weighted by atomic mass is 10.2. The molecule has 0 bridgehead atoms. The van der Waals surface area contributed by atoms with Crippen LogP contribution in [-0.4, -0.2) is 36.6 Å². The van der Waals surface area contributed by atoms with Gasteiger partial charge in [0.15, 0.2) is 18.2 Å². The van der Waals surface area contributed by atoms with Gasteiger partial charge in [-0.15, -0.1) is 0 Å². The van der Waals surface area contributed by atoms with Crippen LogP contribution < -0.4 is 19.7 Å². The molecule has 124 valence electrons. The topological polar surface area (TPSA) is 80.8 Å². The number of hydrogen-bond donors (Lipinski definition) is 1. The highest BCUT2D eigenvalue weighted by molar-refractivity contribution is 6.04. The molecule has 3 rings (SSSR count). The van der Waals surface area contributed by atoms with Crippen LogP contribution in [0.25, 0.3) is 0 Å². The summed E-state index contributed by atoms with van der Waals surface area (Å²) < 4.78 is 10.8. The minimum Gasteiger partial charge on any atom is -0.492 e. The molecule has 0 radical (unpaired) electrons. The highest BCUT2D eigenvalue weighted by atomic mass is 16.5. The minimum absolute atomic E-state index is 0.110. The largest absolute Gasteiger partial charge is 0.492 e. The van der Waals surface area contributed by atoms with E-state index in [1.807, 2.05) is 13.0 Å². The average molecular weight is 327 g/mol. The molecule has 0 saturated carbocycles. The first-order chi connectivity index (χ1) is 11.7. The van der Waals surface area contributed by atoms with Crippen molar-refractivity contribution in [1.29, 1.82) is 0 Å². The Balaban J connectivity index is 1.75. The van der Waals surface area contributed by atoms with Crippen molar-refractivity contribution in [2.45, 2.75) is 6.92 Å². The predicted molar refractivity (Wildman–Crippen MR) is 88.3 cm³/mol. The molecule has 7 nitrogen and oxygen atoms in total. The molecule has 1 N–H and O–H groups in total. The summed E-state index contributed by atoms with van der Waals surface area (Å²) in [7, 11) is 0. The molecule has 0 saturated heterocycles. The van der Waals surface area contributed by atoms with Crippen LogP contribution in [0.15, 0.2) is 42.6 Å². The second-order valence-electron chi connectivity index (χ2n) is 5.07.